The lowest BCUT2D eigenvalue weighted by atomic mass is 10.0. The first kappa shape index (κ1) is 22.0. The lowest BCUT2D eigenvalue weighted by Crippen LogP contribution is -2.29. The first-order valence-corrected chi connectivity index (χ1v) is 13.6. The minimum atomic E-state index is -2.00. The highest BCUT2D eigenvalue weighted by molar-refractivity contribution is 6.83. The van der Waals surface area contributed by atoms with Gasteiger partial charge in [0.25, 0.3) is 0 Å². The zero-order chi connectivity index (χ0) is 22.1. The average Bonchev–Trinajstić information content (AvgIpc) is 2.92. The van der Waals surface area contributed by atoms with Gasteiger partial charge in [0.15, 0.2) is 0 Å². The Morgan fingerprint density at radius 3 is 2.30 bits per heavy atom. The molecule has 0 unspecified atom stereocenters. The maximum Gasteiger partial charge on any atom is 0.325 e. The van der Waals surface area contributed by atoms with Crippen molar-refractivity contribution in [2.75, 3.05) is 7.05 Å². The molecule has 0 radical (unpaired) electrons. The fraction of sp³-hybridized carbons (Fsp3) is 0.333. The molecular formula is C24H29FN2O2Si. The summed E-state index contributed by atoms with van der Waals surface area (Å²) in [6.07, 6.45) is 0.789. The highest BCUT2D eigenvalue weighted by Gasteiger charge is 2.41. The number of aliphatic hydroxyl groups excluding tert-OH is 1. The van der Waals surface area contributed by atoms with E-state index < -0.39 is 14.2 Å². The van der Waals surface area contributed by atoms with Crippen molar-refractivity contribution in [1.29, 1.82) is 0 Å². The van der Waals surface area contributed by atoms with Crippen molar-refractivity contribution in [3.63, 3.8) is 0 Å². The molecule has 158 valence electrons. The number of likely N-dealkylation sites (N-methyl/N-ethyl adjacent to an activating group) is 1. The summed E-state index contributed by atoms with van der Waals surface area (Å²) in [6, 6.07) is 15.5. The van der Waals surface area contributed by atoms with Gasteiger partial charge in [-0.15, -0.1) is 5.73 Å². The molecule has 6 heteroatoms. The van der Waals surface area contributed by atoms with Crippen LogP contribution in [0.2, 0.25) is 19.6 Å². The number of urea groups is 1. The monoisotopic (exact) mass is 424 g/mol. The molecule has 1 aliphatic rings. The summed E-state index contributed by atoms with van der Waals surface area (Å²) in [6.45, 7) is 8.38. The molecule has 2 aromatic rings. The number of halogens is 1. The normalized spacial score (nSPS) is 20.2. The van der Waals surface area contributed by atoms with E-state index in [1.165, 1.54) is 12.1 Å². The number of hydrogen-bond acceptors (Lipinski definition) is 2. The third kappa shape index (κ3) is 4.41. The van der Waals surface area contributed by atoms with Crippen molar-refractivity contribution in [2.24, 2.45) is 0 Å². The van der Waals surface area contributed by atoms with Crippen LogP contribution >= 0.6 is 0 Å². The van der Waals surface area contributed by atoms with Crippen molar-refractivity contribution in [1.82, 2.24) is 9.80 Å². The average molecular weight is 425 g/mol. The third-order valence-electron chi connectivity index (χ3n) is 5.66. The van der Waals surface area contributed by atoms with Crippen molar-refractivity contribution in [3.8, 4) is 0 Å². The minimum Gasteiger partial charge on any atom is -0.384 e. The van der Waals surface area contributed by atoms with E-state index in [4.69, 9.17) is 0 Å². The first-order valence-electron chi connectivity index (χ1n) is 10.1. The maximum atomic E-state index is 13.3. The van der Waals surface area contributed by atoms with E-state index in [9.17, 15) is 14.3 Å². The number of carbonyl (C=O) groups is 1. The van der Waals surface area contributed by atoms with E-state index in [0.29, 0.717) is 5.56 Å². The van der Waals surface area contributed by atoms with E-state index in [0.717, 1.165) is 10.8 Å². The van der Waals surface area contributed by atoms with Crippen LogP contribution in [-0.2, 0) is 0 Å². The van der Waals surface area contributed by atoms with Gasteiger partial charge in [0.1, 0.15) is 11.9 Å². The van der Waals surface area contributed by atoms with Crippen LogP contribution in [-0.4, -0.2) is 42.1 Å². The molecule has 2 amide bonds. The molecule has 30 heavy (non-hydrogen) atoms. The smallest absolute Gasteiger partial charge is 0.325 e. The highest BCUT2D eigenvalue weighted by Crippen LogP contribution is 2.35. The first-order chi connectivity index (χ1) is 14.1. The van der Waals surface area contributed by atoms with Crippen molar-refractivity contribution in [2.45, 2.75) is 44.8 Å². The highest BCUT2D eigenvalue weighted by atomic mass is 28.3. The SMILES string of the molecule is C[C@H]1[C@@H](c2ccccc2)N(C=C=C([C@@H](O)c2ccc(F)cc2)[Si](C)(C)C)C(=O)N1C. The van der Waals surface area contributed by atoms with Gasteiger partial charge in [-0.1, -0.05) is 62.1 Å². The van der Waals surface area contributed by atoms with Gasteiger partial charge in [0.2, 0.25) is 0 Å². The topological polar surface area (TPSA) is 43.8 Å². The van der Waals surface area contributed by atoms with Crippen molar-refractivity contribution >= 4 is 14.1 Å². The van der Waals surface area contributed by atoms with Crippen LogP contribution in [0.25, 0.3) is 0 Å². The summed E-state index contributed by atoms with van der Waals surface area (Å²) in [5, 5.41) is 11.8. The lowest BCUT2D eigenvalue weighted by Gasteiger charge is -2.25. The van der Waals surface area contributed by atoms with Crippen LogP contribution < -0.4 is 0 Å². The number of amides is 2. The molecule has 4 nitrogen and oxygen atoms in total. The fourth-order valence-corrected chi connectivity index (χ4v) is 5.29. The van der Waals surface area contributed by atoms with Crippen LogP contribution in [0.5, 0.6) is 0 Å². The predicted molar refractivity (Wildman–Crippen MR) is 120 cm³/mol. The molecule has 0 saturated carbocycles. The van der Waals surface area contributed by atoms with E-state index in [1.54, 1.807) is 35.2 Å². The molecule has 1 fully saturated rings. The van der Waals surface area contributed by atoms with Crippen LogP contribution in [0.4, 0.5) is 9.18 Å². The molecule has 1 saturated heterocycles. The Hall–Kier alpha value is -2.66. The standard InChI is InChI=1S/C24H29FN2O2Si/c1-17-22(18-9-7-6-8-10-18)27(24(29)26(17)2)16-15-21(30(3,4)5)23(28)19-11-13-20(25)14-12-19/h6-14,16-17,22-23,28H,1-5H3/t15?,17-,22-,23-/m0/s1. The van der Waals surface area contributed by atoms with Gasteiger partial charge in [-0.25, -0.2) is 9.18 Å². The molecule has 3 rings (SSSR count). The summed E-state index contributed by atoms with van der Waals surface area (Å²) in [4.78, 5) is 16.3. The summed E-state index contributed by atoms with van der Waals surface area (Å²) in [7, 11) is -0.197. The minimum absolute atomic E-state index is 0.00435. The summed E-state index contributed by atoms with van der Waals surface area (Å²) >= 11 is 0. The van der Waals surface area contributed by atoms with E-state index in [2.05, 4.69) is 25.4 Å². The maximum absolute atomic E-state index is 13.3. The van der Waals surface area contributed by atoms with Gasteiger partial charge in [-0.3, -0.25) is 4.90 Å². The van der Waals surface area contributed by atoms with Crippen LogP contribution in [0.1, 0.15) is 30.2 Å². The largest absolute Gasteiger partial charge is 0.384 e. The zero-order valence-electron chi connectivity index (χ0n) is 18.1. The third-order valence-corrected chi connectivity index (χ3v) is 7.69. The number of aliphatic hydroxyl groups is 1. The molecule has 1 heterocycles. The molecule has 1 N–H and O–H groups in total. The number of hydrogen-bond donors (Lipinski definition) is 1. The zero-order valence-corrected chi connectivity index (χ0v) is 19.1. The summed E-state index contributed by atoms with van der Waals surface area (Å²) in [5.74, 6) is -0.342. The second-order valence-electron chi connectivity index (χ2n) is 8.79. The lowest BCUT2D eigenvalue weighted by molar-refractivity contribution is 0.204. The number of carbonyl (C=O) groups excluding carboxylic acids is 1. The van der Waals surface area contributed by atoms with Gasteiger partial charge in [0.05, 0.1) is 26.4 Å². The Morgan fingerprint density at radius 2 is 1.73 bits per heavy atom. The second-order valence-corrected chi connectivity index (χ2v) is 13.8. The predicted octanol–water partition coefficient (Wildman–Crippen LogP) is 5.27. The number of benzene rings is 2. The quantitative estimate of drug-likeness (QED) is 0.525. The molecule has 0 aromatic heterocycles. The molecule has 0 bridgehead atoms. The Bertz CT molecular complexity index is 963. The molecule has 0 spiro atoms. The molecule has 3 atom stereocenters. The Balaban J connectivity index is 2.05. The van der Waals surface area contributed by atoms with Gasteiger partial charge in [0, 0.05) is 7.05 Å². The van der Waals surface area contributed by atoms with Crippen molar-refractivity contribution < 1.29 is 14.3 Å². The summed E-state index contributed by atoms with van der Waals surface area (Å²) in [5.41, 5.74) is 4.94. The molecular weight excluding hydrogens is 395 g/mol. The van der Waals surface area contributed by atoms with Crippen LogP contribution in [0.15, 0.2) is 71.7 Å². The Labute approximate surface area is 179 Å². The second kappa shape index (κ2) is 8.60. The van der Waals surface area contributed by atoms with E-state index in [-0.39, 0.29) is 23.9 Å². The summed E-state index contributed by atoms with van der Waals surface area (Å²) < 4.78 is 13.3. The Kier molecular flexibility index (Phi) is 6.32. The van der Waals surface area contributed by atoms with Crippen LogP contribution in [0, 0.1) is 5.82 Å². The Morgan fingerprint density at radius 1 is 1.13 bits per heavy atom. The van der Waals surface area contributed by atoms with Crippen molar-refractivity contribution in [3.05, 3.63) is 88.7 Å². The molecule has 2 aromatic carbocycles. The van der Waals surface area contributed by atoms with E-state index >= 15 is 0 Å². The van der Waals surface area contributed by atoms with E-state index in [1.807, 2.05) is 37.3 Å². The molecule has 0 aliphatic carbocycles. The van der Waals surface area contributed by atoms with Crippen LogP contribution in [0.3, 0.4) is 0 Å². The number of nitrogens with zero attached hydrogens (tertiary/aromatic N) is 2. The van der Waals surface area contributed by atoms with Gasteiger partial charge in [-0.05, 0) is 35.4 Å². The van der Waals surface area contributed by atoms with Gasteiger partial charge in [-0.2, -0.15) is 0 Å². The fourth-order valence-electron chi connectivity index (χ4n) is 3.80. The van der Waals surface area contributed by atoms with Gasteiger partial charge >= 0.3 is 6.03 Å². The number of rotatable bonds is 5. The van der Waals surface area contributed by atoms with Gasteiger partial charge < -0.3 is 10.0 Å². The molecule has 1 aliphatic heterocycles.